The fourth-order valence-corrected chi connectivity index (χ4v) is 0.209. The summed E-state index contributed by atoms with van der Waals surface area (Å²) in [7, 11) is 0. The standard InChI is InChI=1S/C4H10O2.C3H5NO/c1-2-6-4-3-5;1-2-3(4)5/h5H,2-4H2,1H3;2H,1H2,(H2,4,5). The number of carbonyl (C=O) groups is 1. The van der Waals surface area contributed by atoms with E-state index in [1.807, 2.05) is 6.92 Å². The summed E-state index contributed by atoms with van der Waals surface area (Å²) in [5.74, 6) is -0.481. The van der Waals surface area contributed by atoms with Gasteiger partial charge in [-0.05, 0) is 13.0 Å². The minimum Gasteiger partial charge on any atom is -0.394 e. The molecule has 0 unspecified atom stereocenters. The van der Waals surface area contributed by atoms with Crippen molar-refractivity contribution in [3.05, 3.63) is 12.7 Å². The van der Waals surface area contributed by atoms with Crippen molar-refractivity contribution in [1.82, 2.24) is 0 Å². The average molecular weight is 161 g/mol. The summed E-state index contributed by atoms with van der Waals surface area (Å²) in [6.45, 7) is 6.28. The van der Waals surface area contributed by atoms with E-state index in [0.717, 1.165) is 6.08 Å². The highest BCUT2D eigenvalue weighted by atomic mass is 16.5. The number of rotatable bonds is 4. The number of aliphatic hydroxyl groups is 1. The Bertz CT molecular complexity index is 99.9. The lowest BCUT2D eigenvalue weighted by Gasteiger charge is -1.91. The average Bonchev–Trinajstić information content (AvgIpc) is 2.02. The normalized spacial score (nSPS) is 7.82. The molecule has 4 heteroatoms. The zero-order valence-corrected chi connectivity index (χ0v) is 6.75. The Morgan fingerprint density at radius 3 is 2.36 bits per heavy atom. The second-order valence-electron chi connectivity index (χ2n) is 1.53. The van der Waals surface area contributed by atoms with Gasteiger partial charge in [0.25, 0.3) is 0 Å². The number of primary amides is 1. The Kier molecular flexibility index (Phi) is 13.8. The first-order valence-electron chi connectivity index (χ1n) is 3.29. The first-order chi connectivity index (χ1) is 5.18. The number of ether oxygens (including phenoxy) is 1. The van der Waals surface area contributed by atoms with Crippen LogP contribution in [0, 0.1) is 0 Å². The van der Waals surface area contributed by atoms with Crippen LogP contribution in [0.25, 0.3) is 0 Å². The highest BCUT2D eigenvalue weighted by Crippen LogP contribution is 1.66. The summed E-state index contributed by atoms with van der Waals surface area (Å²) in [6, 6.07) is 0. The van der Waals surface area contributed by atoms with Crippen molar-refractivity contribution in [3.63, 3.8) is 0 Å². The van der Waals surface area contributed by atoms with Gasteiger partial charge in [-0.3, -0.25) is 4.79 Å². The lowest BCUT2D eigenvalue weighted by molar-refractivity contribution is -0.113. The number of carbonyl (C=O) groups excluding carboxylic acids is 1. The highest BCUT2D eigenvalue weighted by molar-refractivity contribution is 5.84. The maximum atomic E-state index is 9.47. The smallest absolute Gasteiger partial charge is 0.240 e. The highest BCUT2D eigenvalue weighted by Gasteiger charge is 1.73. The Labute approximate surface area is 66.7 Å². The summed E-state index contributed by atoms with van der Waals surface area (Å²) in [5, 5.41) is 8.07. The molecule has 11 heavy (non-hydrogen) atoms. The van der Waals surface area contributed by atoms with E-state index in [4.69, 9.17) is 9.84 Å². The molecule has 0 aromatic heterocycles. The van der Waals surface area contributed by atoms with Gasteiger partial charge in [-0.25, -0.2) is 0 Å². The van der Waals surface area contributed by atoms with E-state index in [-0.39, 0.29) is 6.61 Å². The molecule has 0 aliphatic heterocycles. The van der Waals surface area contributed by atoms with Crippen molar-refractivity contribution in [1.29, 1.82) is 0 Å². The Morgan fingerprint density at radius 2 is 2.27 bits per heavy atom. The molecule has 1 amide bonds. The van der Waals surface area contributed by atoms with Gasteiger partial charge >= 0.3 is 0 Å². The summed E-state index contributed by atoms with van der Waals surface area (Å²) >= 11 is 0. The van der Waals surface area contributed by atoms with Crippen LogP contribution in [-0.2, 0) is 9.53 Å². The molecule has 0 aliphatic rings. The van der Waals surface area contributed by atoms with Gasteiger partial charge < -0.3 is 15.6 Å². The maximum absolute atomic E-state index is 9.47. The lowest BCUT2D eigenvalue weighted by atomic mass is 10.6. The molecule has 0 heterocycles. The fourth-order valence-electron chi connectivity index (χ4n) is 0.209. The number of hydrogen-bond donors (Lipinski definition) is 2. The van der Waals surface area contributed by atoms with Gasteiger partial charge in [-0.15, -0.1) is 0 Å². The molecule has 0 fully saturated rings. The van der Waals surface area contributed by atoms with Crippen LogP contribution in [0.4, 0.5) is 0 Å². The molecule has 0 bridgehead atoms. The van der Waals surface area contributed by atoms with Crippen molar-refractivity contribution in [2.24, 2.45) is 5.73 Å². The second kappa shape index (κ2) is 11.9. The van der Waals surface area contributed by atoms with E-state index in [9.17, 15) is 4.79 Å². The molecule has 3 N–H and O–H groups in total. The van der Waals surface area contributed by atoms with Crippen LogP contribution in [0.5, 0.6) is 0 Å². The molecular formula is C7H15NO3. The molecule has 0 atom stereocenters. The lowest BCUT2D eigenvalue weighted by Crippen LogP contribution is -2.04. The summed E-state index contributed by atoms with van der Waals surface area (Å²) in [5.41, 5.74) is 4.53. The van der Waals surface area contributed by atoms with Crippen molar-refractivity contribution in [2.45, 2.75) is 6.92 Å². The van der Waals surface area contributed by atoms with Gasteiger partial charge in [0.1, 0.15) is 0 Å². The van der Waals surface area contributed by atoms with Gasteiger partial charge in [0, 0.05) is 6.61 Å². The van der Waals surface area contributed by atoms with E-state index in [1.54, 1.807) is 0 Å². The Hall–Kier alpha value is -0.870. The van der Waals surface area contributed by atoms with Crippen LogP contribution in [0.2, 0.25) is 0 Å². The molecule has 0 aromatic rings. The third kappa shape index (κ3) is 27.2. The quantitative estimate of drug-likeness (QED) is 0.438. The predicted molar refractivity (Wildman–Crippen MR) is 43.0 cm³/mol. The van der Waals surface area contributed by atoms with E-state index in [1.165, 1.54) is 0 Å². The SMILES string of the molecule is C=CC(N)=O.CCOCCO. The van der Waals surface area contributed by atoms with Crippen LogP contribution < -0.4 is 5.73 Å². The number of amides is 1. The van der Waals surface area contributed by atoms with Crippen molar-refractivity contribution in [2.75, 3.05) is 19.8 Å². The maximum Gasteiger partial charge on any atom is 0.240 e. The fraction of sp³-hybridized carbons (Fsp3) is 0.571. The summed E-state index contributed by atoms with van der Waals surface area (Å²) < 4.78 is 4.73. The third-order valence-electron chi connectivity index (χ3n) is 0.641. The van der Waals surface area contributed by atoms with Crippen LogP contribution in [0.1, 0.15) is 6.92 Å². The molecular weight excluding hydrogens is 146 g/mol. The largest absolute Gasteiger partial charge is 0.394 e. The van der Waals surface area contributed by atoms with Gasteiger partial charge in [0.05, 0.1) is 13.2 Å². The van der Waals surface area contributed by atoms with Crippen LogP contribution in [-0.4, -0.2) is 30.8 Å². The molecule has 0 saturated carbocycles. The topological polar surface area (TPSA) is 72.6 Å². The minimum absolute atomic E-state index is 0.133. The van der Waals surface area contributed by atoms with Crippen LogP contribution >= 0.6 is 0 Å². The van der Waals surface area contributed by atoms with E-state index in [2.05, 4.69) is 12.3 Å². The van der Waals surface area contributed by atoms with Gasteiger partial charge in [0.2, 0.25) is 5.91 Å². The van der Waals surface area contributed by atoms with Crippen molar-refractivity contribution in [3.8, 4) is 0 Å². The molecule has 0 spiro atoms. The molecule has 0 saturated heterocycles. The molecule has 0 rings (SSSR count). The summed E-state index contributed by atoms with van der Waals surface area (Å²) in [6.07, 6.45) is 1.06. The molecule has 4 nitrogen and oxygen atoms in total. The first-order valence-corrected chi connectivity index (χ1v) is 3.29. The molecule has 66 valence electrons. The zero-order valence-electron chi connectivity index (χ0n) is 6.75. The Balaban J connectivity index is 0. The Morgan fingerprint density at radius 1 is 1.82 bits per heavy atom. The number of aliphatic hydroxyl groups excluding tert-OH is 1. The summed E-state index contributed by atoms with van der Waals surface area (Å²) in [4.78, 5) is 9.47. The van der Waals surface area contributed by atoms with E-state index >= 15 is 0 Å². The zero-order chi connectivity index (χ0) is 9.11. The molecule has 0 aromatic carbocycles. The van der Waals surface area contributed by atoms with E-state index in [0.29, 0.717) is 13.2 Å². The van der Waals surface area contributed by atoms with Gasteiger partial charge in [-0.1, -0.05) is 6.58 Å². The molecule has 0 radical (unpaired) electrons. The third-order valence-corrected chi connectivity index (χ3v) is 0.641. The monoisotopic (exact) mass is 161 g/mol. The van der Waals surface area contributed by atoms with E-state index < -0.39 is 5.91 Å². The number of nitrogens with two attached hydrogens (primary N) is 1. The molecule has 0 aliphatic carbocycles. The minimum atomic E-state index is -0.481. The van der Waals surface area contributed by atoms with Crippen LogP contribution in [0.3, 0.4) is 0 Å². The number of hydrogen-bond acceptors (Lipinski definition) is 3. The first kappa shape index (κ1) is 12.8. The van der Waals surface area contributed by atoms with Crippen molar-refractivity contribution < 1.29 is 14.6 Å². The second-order valence-corrected chi connectivity index (χ2v) is 1.53. The van der Waals surface area contributed by atoms with Gasteiger partial charge in [-0.2, -0.15) is 0 Å². The predicted octanol–water partition coefficient (Wildman–Crippen LogP) is -0.327. The van der Waals surface area contributed by atoms with Gasteiger partial charge in [0.15, 0.2) is 0 Å². The van der Waals surface area contributed by atoms with Crippen molar-refractivity contribution >= 4 is 5.91 Å². The van der Waals surface area contributed by atoms with Crippen LogP contribution in [0.15, 0.2) is 12.7 Å².